The summed E-state index contributed by atoms with van der Waals surface area (Å²) in [5.74, 6) is 1.26. The molecule has 6 nitrogen and oxygen atoms in total. The second-order valence-electron chi connectivity index (χ2n) is 5.96. The highest BCUT2D eigenvalue weighted by Gasteiger charge is 2.16. The van der Waals surface area contributed by atoms with Gasteiger partial charge >= 0.3 is 0 Å². The Kier molecular flexibility index (Phi) is 4.38. The number of aryl methyl sites for hydroxylation is 1. The Morgan fingerprint density at radius 2 is 1.92 bits per heavy atom. The number of benzene rings is 1. The average Bonchev–Trinajstić information content (AvgIpc) is 3.12. The van der Waals surface area contributed by atoms with Gasteiger partial charge < -0.3 is 9.64 Å². The molecule has 1 aliphatic rings. The molecular formula is C18H18ClN5O. The first-order chi connectivity index (χ1) is 12.2. The molecule has 2 aromatic heterocycles. The zero-order chi connectivity index (χ0) is 17.2. The first-order valence-electron chi connectivity index (χ1n) is 8.19. The van der Waals surface area contributed by atoms with E-state index in [4.69, 9.17) is 16.3 Å². The third-order valence-electron chi connectivity index (χ3n) is 4.11. The van der Waals surface area contributed by atoms with Crippen LogP contribution >= 0.6 is 11.6 Å². The quantitative estimate of drug-likeness (QED) is 0.676. The molecule has 128 valence electrons. The molecule has 1 aromatic carbocycles. The van der Waals surface area contributed by atoms with Gasteiger partial charge in [0.05, 0.1) is 18.9 Å². The predicted molar refractivity (Wildman–Crippen MR) is 97.4 cm³/mol. The number of nitrogens with zero attached hydrogens (tertiary/aromatic N) is 5. The minimum Gasteiger partial charge on any atom is -0.378 e. The Bertz CT molecular complexity index is 889. The van der Waals surface area contributed by atoms with Crippen LogP contribution in [0.2, 0.25) is 5.15 Å². The molecule has 0 aliphatic carbocycles. The number of halogens is 1. The largest absolute Gasteiger partial charge is 0.378 e. The summed E-state index contributed by atoms with van der Waals surface area (Å²) in [6.45, 7) is 5.03. The second-order valence-corrected chi connectivity index (χ2v) is 6.35. The normalized spacial score (nSPS) is 14.7. The van der Waals surface area contributed by atoms with E-state index in [2.05, 4.69) is 39.0 Å². The van der Waals surface area contributed by atoms with E-state index in [1.165, 1.54) is 5.56 Å². The van der Waals surface area contributed by atoms with Crippen molar-refractivity contribution in [2.45, 2.75) is 6.92 Å². The molecule has 0 saturated carbocycles. The lowest BCUT2D eigenvalue weighted by atomic mass is 10.1. The molecule has 0 atom stereocenters. The van der Waals surface area contributed by atoms with E-state index < -0.39 is 0 Å². The fraction of sp³-hybridized carbons (Fsp3) is 0.278. The number of morpholine rings is 1. The third kappa shape index (κ3) is 3.50. The van der Waals surface area contributed by atoms with Gasteiger partial charge in [-0.2, -0.15) is 15.1 Å². The lowest BCUT2D eigenvalue weighted by molar-refractivity contribution is 0.122. The predicted octanol–water partition coefficient (Wildman–Crippen LogP) is 3.13. The van der Waals surface area contributed by atoms with Gasteiger partial charge in [0.25, 0.3) is 5.95 Å². The summed E-state index contributed by atoms with van der Waals surface area (Å²) in [6.07, 6.45) is 1.85. The zero-order valence-electron chi connectivity index (χ0n) is 13.9. The Balaban J connectivity index is 1.67. The van der Waals surface area contributed by atoms with Crippen molar-refractivity contribution in [3.8, 4) is 17.2 Å². The molecule has 3 aromatic rings. The Morgan fingerprint density at radius 3 is 2.72 bits per heavy atom. The van der Waals surface area contributed by atoms with Crippen molar-refractivity contribution in [3.05, 3.63) is 53.3 Å². The van der Waals surface area contributed by atoms with Gasteiger partial charge in [-0.1, -0.05) is 35.4 Å². The van der Waals surface area contributed by atoms with Crippen molar-refractivity contribution in [1.29, 1.82) is 0 Å². The van der Waals surface area contributed by atoms with E-state index in [0.29, 0.717) is 24.3 Å². The molecule has 0 amide bonds. The first-order valence-corrected chi connectivity index (χ1v) is 8.57. The van der Waals surface area contributed by atoms with Crippen LogP contribution in [0.25, 0.3) is 17.2 Å². The van der Waals surface area contributed by atoms with Gasteiger partial charge in [0.15, 0.2) is 0 Å². The van der Waals surface area contributed by atoms with Crippen molar-refractivity contribution >= 4 is 17.4 Å². The summed E-state index contributed by atoms with van der Waals surface area (Å²) >= 11 is 6.21. The molecular weight excluding hydrogens is 338 g/mol. The van der Waals surface area contributed by atoms with Crippen LogP contribution in [0, 0.1) is 6.92 Å². The fourth-order valence-electron chi connectivity index (χ4n) is 2.84. The van der Waals surface area contributed by atoms with Crippen LogP contribution in [0.15, 0.2) is 42.6 Å². The average molecular weight is 356 g/mol. The number of anilines is 1. The smallest absolute Gasteiger partial charge is 0.253 e. The maximum Gasteiger partial charge on any atom is 0.253 e. The van der Waals surface area contributed by atoms with E-state index in [0.717, 1.165) is 30.2 Å². The Morgan fingerprint density at radius 1 is 1.08 bits per heavy atom. The highest BCUT2D eigenvalue weighted by atomic mass is 35.5. The number of aromatic nitrogens is 4. The minimum atomic E-state index is 0.402. The van der Waals surface area contributed by atoms with Crippen LogP contribution in [0.4, 0.5) is 5.82 Å². The molecule has 0 bridgehead atoms. The molecule has 0 spiro atoms. The fourth-order valence-corrected chi connectivity index (χ4v) is 3.02. The highest BCUT2D eigenvalue weighted by Crippen LogP contribution is 2.21. The van der Waals surface area contributed by atoms with Crippen LogP contribution in [0.3, 0.4) is 0 Å². The summed E-state index contributed by atoms with van der Waals surface area (Å²) in [5.41, 5.74) is 3.13. The Labute approximate surface area is 151 Å². The summed E-state index contributed by atoms with van der Waals surface area (Å²) < 4.78 is 7.05. The van der Waals surface area contributed by atoms with Crippen LogP contribution in [0.1, 0.15) is 5.56 Å². The van der Waals surface area contributed by atoms with Crippen molar-refractivity contribution in [1.82, 2.24) is 19.7 Å². The monoisotopic (exact) mass is 355 g/mol. The lowest BCUT2D eigenvalue weighted by Gasteiger charge is -2.27. The van der Waals surface area contributed by atoms with Crippen LogP contribution in [0.5, 0.6) is 0 Å². The molecule has 0 N–H and O–H groups in total. The van der Waals surface area contributed by atoms with E-state index in [1.807, 2.05) is 24.4 Å². The van der Waals surface area contributed by atoms with E-state index >= 15 is 0 Å². The lowest BCUT2D eigenvalue weighted by Crippen LogP contribution is -2.37. The minimum absolute atomic E-state index is 0.402. The second kappa shape index (κ2) is 6.82. The summed E-state index contributed by atoms with van der Waals surface area (Å²) in [4.78, 5) is 11.1. The van der Waals surface area contributed by atoms with Gasteiger partial charge in [0.2, 0.25) is 0 Å². The zero-order valence-corrected chi connectivity index (χ0v) is 14.6. The number of hydrogen-bond donors (Lipinski definition) is 0. The van der Waals surface area contributed by atoms with Crippen molar-refractivity contribution in [3.63, 3.8) is 0 Å². The maximum atomic E-state index is 6.21. The van der Waals surface area contributed by atoms with Crippen LogP contribution in [-0.4, -0.2) is 46.1 Å². The molecule has 1 saturated heterocycles. The third-order valence-corrected chi connectivity index (χ3v) is 4.31. The highest BCUT2D eigenvalue weighted by molar-refractivity contribution is 6.29. The number of ether oxygens (including phenoxy) is 1. The summed E-state index contributed by atoms with van der Waals surface area (Å²) in [7, 11) is 0. The summed E-state index contributed by atoms with van der Waals surface area (Å²) in [6, 6.07) is 12.0. The van der Waals surface area contributed by atoms with Crippen molar-refractivity contribution in [2.24, 2.45) is 0 Å². The van der Waals surface area contributed by atoms with Gasteiger partial charge in [-0.15, -0.1) is 0 Å². The summed E-state index contributed by atoms with van der Waals surface area (Å²) in [5, 5.41) is 5.01. The molecule has 0 radical (unpaired) electrons. The van der Waals surface area contributed by atoms with E-state index in [1.54, 1.807) is 10.7 Å². The van der Waals surface area contributed by atoms with Crippen LogP contribution < -0.4 is 4.90 Å². The van der Waals surface area contributed by atoms with E-state index in [9.17, 15) is 0 Å². The van der Waals surface area contributed by atoms with E-state index in [-0.39, 0.29) is 0 Å². The SMILES string of the molecule is Cc1cccc(-c2ccn(-c3nc(Cl)cc(N4CCOCC4)n3)n2)c1. The Hall–Kier alpha value is -2.44. The molecule has 1 aliphatic heterocycles. The van der Waals surface area contributed by atoms with Gasteiger partial charge in [0.1, 0.15) is 11.0 Å². The first kappa shape index (κ1) is 16.1. The molecule has 4 rings (SSSR count). The maximum absolute atomic E-state index is 6.21. The molecule has 3 heterocycles. The number of rotatable bonds is 3. The van der Waals surface area contributed by atoms with Gasteiger partial charge in [0, 0.05) is 30.9 Å². The topological polar surface area (TPSA) is 56.1 Å². The van der Waals surface area contributed by atoms with Crippen molar-refractivity contribution in [2.75, 3.05) is 31.2 Å². The molecule has 0 unspecified atom stereocenters. The number of hydrogen-bond acceptors (Lipinski definition) is 5. The van der Waals surface area contributed by atoms with Gasteiger partial charge in [-0.3, -0.25) is 0 Å². The van der Waals surface area contributed by atoms with Gasteiger partial charge in [-0.25, -0.2) is 4.68 Å². The van der Waals surface area contributed by atoms with Gasteiger partial charge in [-0.05, 0) is 19.1 Å². The molecule has 7 heteroatoms. The molecule has 1 fully saturated rings. The van der Waals surface area contributed by atoms with Crippen molar-refractivity contribution < 1.29 is 4.74 Å². The van der Waals surface area contributed by atoms with Crippen LogP contribution in [-0.2, 0) is 4.74 Å². The molecule has 25 heavy (non-hydrogen) atoms. The standard InChI is InChI=1S/C18H18ClN5O/c1-13-3-2-4-14(11-13)15-5-6-24(22-15)18-20-16(19)12-17(21-18)23-7-9-25-10-8-23/h2-6,11-12H,7-10H2,1H3.